The number of carboxylic acid groups (broad SMARTS) is 1. The van der Waals surface area contributed by atoms with Crippen molar-refractivity contribution < 1.29 is 36.3 Å². The van der Waals surface area contributed by atoms with E-state index in [2.05, 4.69) is 0 Å². The Labute approximate surface area is 241 Å². The molecule has 1 fully saturated rings. The summed E-state index contributed by atoms with van der Waals surface area (Å²) in [7, 11) is -4.20. The first kappa shape index (κ1) is 32.2. The Hall–Kier alpha value is -2.34. The lowest BCUT2D eigenvalue weighted by Crippen LogP contribution is -2.56. The number of carboxylic acids is 1. The average Bonchev–Trinajstić information content (AvgIpc) is 2.82. The van der Waals surface area contributed by atoms with Crippen molar-refractivity contribution in [3.63, 3.8) is 0 Å². The Bertz CT molecular complexity index is 1340. The summed E-state index contributed by atoms with van der Waals surface area (Å²) < 4.78 is 64.0. The SMILES string of the molecule is CC(CCN(CC(F)(F)F)S(C)(=O)=O)N1C(=O)C(C)(CC(=O)O)CC(c2cccc(Cl)c2)C1c1ccc(Cl)cc1. The van der Waals surface area contributed by atoms with Crippen molar-refractivity contribution in [1.29, 1.82) is 0 Å². The van der Waals surface area contributed by atoms with Gasteiger partial charge >= 0.3 is 12.1 Å². The fraction of sp³-hybridized carbons (Fsp3) is 0.481. The highest BCUT2D eigenvalue weighted by molar-refractivity contribution is 7.88. The van der Waals surface area contributed by atoms with Gasteiger partial charge in [0.2, 0.25) is 15.9 Å². The number of carbonyl (C=O) groups excluding carboxylic acids is 1. The van der Waals surface area contributed by atoms with E-state index in [0.717, 1.165) is 5.56 Å². The van der Waals surface area contributed by atoms with Crippen molar-refractivity contribution in [2.24, 2.45) is 5.41 Å². The molecule has 0 radical (unpaired) electrons. The number of likely N-dealkylation sites (tertiary alicyclic amines) is 1. The van der Waals surface area contributed by atoms with Crippen LogP contribution in [0.5, 0.6) is 0 Å². The van der Waals surface area contributed by atoms with Gasteiger partial charge in [0.25, 0.3) is 0 Å². The van der Waals surface area contributed by atoms with Gasteiger partial charge in [0.05, 0.1) is 24.1 Å². The van der Waals surface area contributed by atoms with E-state index in [0.29, 0.717) is 26.2 Å². The lowest BCUT2D eigenvalue weighted by Gasteiger charge is -2.51. The Morgan fingerprint density at radius 2 is 1.77 bits per heavy atom. The van der Waals surface area contributed by atoms with Gasteiger partial charge in [0, 0.05) is 28.5 Å². The molecule has 220 valence electrons. The molecule has 2 aromatic carbocycles. The number of piperidine rings is 1. The summed E-state index contributed by atoms with van der Waals surface area (Å²) in [4.78, 5) is 27.4. The Morgan fingerprint density at radius 1 is 1.15 bits per heavy atom. The van der Waals surface area contributed by atoms with Gasteiger partial charge in [-0.15, -0.1) is 0 Å². The molecule has 0 saturated carbocycles. The van der Waals surface area contributed by atoms with E-state index in [1.165, 1.54) is 4.90 Å². The number of benzene rings is 2. The van der Waals surface area contributed by atoms with E-state index in [9.17, 15) is 36.3 Å². The van der Waals surface area contributed by atoms with Crippen molar-refractivity contribution in [2.75, 3.05) is 19.3 Å². The van der Waals surface area contributed by atoms with Gasteiger partial charge in [-0.05, 0) is 55.2 Å². The predicted octanol–water partition coefficient (Wildman–Crippen LogP) is 6.13. The van der Waals surface area contributed by atoms with Crippen molar-refractivity contribution in [2.45, 2.75) is 57.3 Å². The third-order valence-electron chi connectivity index (χ3n) is 7.23. The summed E-state index contributed by atoms with van der Waals surface area (Å²) >= 11 is 12.4. The molecular weight excluding hydrogens is 592 g/mol. The fourth-order valence-corrected chi connectivity index (χ4v) is 6.54. The number of alkyl halides is 3. The Balaban J connectivity index is 2.12. The Morgan fingerprint density at radius 3 is 2.30 bits per heavy atom. The lowest BCUT2D eigenvalue weighted by molar-refractivity contribution is -0.160. The number of nitrogens with zero attached hydrogens (tertiary/aromatic N) is 2. The molecular formula is C27H31Cl2F3N2O5S. The molecule has 1 saturated heterocycles. The summed E-state index contributed by atoms with van der Waals surface area (Å²) in [5.41, 5.74) is 0.0872. The molecule has 3 rings (SSSR count). The molecule has 0 spiro atoms. The van der Waals surface area contributed by atoms with Crippen LogP contribution in [0.15, 0.2) is 48.5 Å². The van der Waals surface area contributed by atoms with Gasteiger partial charge in [0.1, 0.15) is 6.54 Å². The summed E-state index contributed by atoms with van der Waals surface area (Å²) in [5, 5.41) is 10.6. The summed E-state index contributed by atoms with van der Waals surface area (Å²) in [6, 6.07) is 12.4. The van der Waals surface area contributed by atoms with E-state index in [-0.39, 0.29) is 12.8 Å². The maximum atomic E-state index is 14.1. The summed E-state index contributed by atoms with van der Waals surface area (Å²) in [6.45, 7) is 1.03. The number of sulfonamides is 1. The number of rotatable bonds is 10. The molecule has 1 N–H and O–H groups in total. The first-order valence-corrected chi connectivity index (χ1v) is 15.1. The van der Waals surface area contributed by atoms with Crippen LogP contribution in [-0.2, 0) is 19.6 Å². The molecule has 40 heavy (non-hydrogen) atoms. The van der Waals surface area contributed by atoms with E-state index in [1.54, 1.807) is 56.3 Å². The normalized spacial score (nSPS) is 22.9. The zero-order chi connectivity index (χ0) is 30.0. The van der Waals surface area contributed by atoms with Gasteiger partial charge in [-0.3, -0.25) is 9.59 Å². The number of hydrogen-bond donors (Lipinski definition) is 1. The highest BCUT2D eigenvalue weighted by atomic mass is 35.5. The second kappa shape index (κ2) is 12.3. The van der Waals surface area contributed by atoms with Crippen LogP contribution in [0.1, 0.15) is 56.2 Å². The standard InChI is InChI=1S/C27H31Cl2F3N2O5S/c1-17(11-12-33(40(3,38)39)16-27(30,31)32)34-24(18-7-9-20(28)10-8-18)22(19-5-4-6-21(29)13-19)14-26(2,25(34)37)15-23(35)36/h4-10,13,17,22,24H,11-12,14-16H2,1-3H3,(H,35,36). The minimum Gasteiger partial charge on any atom is -0.481 e. The quantitative estimate of drug-likeness (QED) is 0.344. The second-order valence-corrected chi connectivity index (χ2v) is 13.4. The second-order valence-electron chi connectivity index (χ2n) is 10.6. The number of hydrogen-bond acceptors (Lipinski definition) is 4. The summed E-state index contributed by atoms with van der Waals surface area (Å²) in [6.07, 6.45) is -4.48. The highest BCUT2D eigenvalue weighted by Crippen LogP contribution is 2.52. The molecule has 7 nitrogen and oxygen atoms in total. The van der Waals surface area contributed by atoms with Gasteiger partial charge in [-0.1, -0.05) is 54.4 Å². The van der Waals surface area contributed by atoms with Crippen LogP contribution >= 0.6 is 23.2 Å². The number of amides is 1. The minimum atomic E-state index is -4.75. The molecule has 0 aromatic heterocycles. The third kappa shape index (κ3) is 7.90. The molecule has 2 aromatic rings. The van der Waals surface area contributed by atoms with Crippen LogP contribution in [0.4, 0.5) is 13.2 Å². The van der Waals surface area contributed by atoms with Gasteiger partial charge in [-0.2, -0.15) is 17.5 Å². The van der Waals surface area contributed by atoms with Gasteiger partial charge in [-0.25, -0.2) is 8.42 Å². The molecule has 0 bridgehead atoms. The topological polar surface area (TPSA) is 95.0 Å². The van der Waals surface area contributed by atoms with Crippen LogP contribution in [-0.4, -0.2) is 66.2 Å². The first-order valence-electron chi connectivity index (χ1n) is 12.5. The highest BCUT2D eigenvalue weighted by Gasteiger charge is 2.52. The Kier molecular flexibility index (Phi) is 9.86. The molecule has 4 atom stereocenters. The predicted molar refractivity (Wildman–Crippen MR) is 147 cm³/mol. The van der Waals surface area contributed by atoms with Crippen molar-refractivity contribution in [1.82, 2.24) is 9.21 Å². The van der Waals surface area contributed by atoms with Gasteiger partial charge in [0.15, 0.2) is 0 Å². The van der Waals surface area contributed by atoms with Crippen LogP contribution < -0.4 is 0 Å². The number of aliphatic carboxylic acids is 1. The van der Waals surface area contributed by atoms with E-state index in [1.807, 2.05) is 6.07 Å². The maximum Gasteiger partial charge on any atom is 0.402 e. The molecule has 13 heteroatoms. The van der Waals surface area contributed by atoms with Crippen molar-refractivity contribution in [3.8, 4) is 0 Å². The van der Waals surface area contributed by atoms with Crippen LogP contribution in [0.2, 0.25) is 10.0 Å². The van der Waals surface area contributed by atoms with Crippen LogP contribution in [0, 0.1) is 5.41 Å². The molecule has 1 aliphatic heterocycles. The molecule has 4 unspecified atom stereocenters. The smallest absolute Gasteiger partial charge is 0.402 e. The molecule has 0 aliphatic carbocycles. The van der Waals surface area contributed by atoms with Crippen molar-refractivity contribution in [3.05, 3.63) is 69.7 Å². The van der Waals surface area contributed by atoms with Gasteiger partial charge < -0.3 is 10.0 Å². The largest absolute Gasteiger partial charge is 0.481 e. The number of carbonyl (C=O) groups is 2. The zero-order valence-corrected chi connectivity index (χ0v) is 24.5. The summed E-state index contributed by atoms with van der Waals surface area (Å²) in [5.74, 6) is -2.10. The fourth-order valence-electron chi connectivity index (χ4n) is 5.39. The van der Waals surface area contributed by atoms with E-state index >= 15 is 0 Å². The lowest BCUT2D eigenvalue weighted by atomic mass is 9.67. The van der Waals surface area contributed by atoms with Crippen molar-refractivity contribution >= 4 is 45.1 Å². The van der Waals surface area contributed by atoms with E-state index in [4.69, 9.17) is 23.2 Å². The van der Waals surface area contributed by atoms with Crippen LogP contribution in [0.25, 0.3) is 0 Å². The van der Waals surface area contributed by atoms with E-state index < -0.39 is 71.0 Å². The minimum absolute atomic E-state index is 0.121. The third-order valence-corrected chi connectivity index (χ3v) is 8.96. The molecule has 1 amide bonds. The average molecular weight is 624 g/mol. The van der Waals surface area contributed by atoms with Crippen LogP contribution in [0.3, 0.4) is 0 Å². The number of halogens is 5. The zero-order valence-electron chi connectivity index (χ0n) is 22.2. The first-order chi connectivity index (χ1) is 18.4. The molecule has 1 aliphatic rings. The maximum absolute atomic E-state index is 14.1. The molecule has 1 heterocycles. The monoisotopic (exact) mass is 622 g/mol.